The third kappa shape index (κ3) is 3.75. The topological polar surface area (TPSA) is 68.3 Å². The normalized spacial score (nSPS) is 10.0. The molecule has 0 aliphatic carbocycles. The summed E-state index contributed by atoms with van der Waals surface area (Å²) >= 11 is 0. The fraction of sp³-hybridized carbons (Fsp3) is 0.333. The first-order valence-corrected chi connectivity index (χ1v) is 6.72. The molecular formula is C15H20N4O2. The van der Waals surface area contributed by atoms with Crippen molar-refractivity contribution in [2.75, 3.05) is 38.4 Å². The Labute approximate surface area is 124 Å². The van der Waals surface area contributed by atoms with Gasteiger partial charge in [-0.15, -0.1) is 0 Å². The molecule has 112 valence electrons. The first kappa shape index (κ1) is 14.9. The highest BCUT2D eigenvalue weighted by atomic mass is 16.5. The Morgan fingerprint density at radius 2 is 1.90 bits per heavy atom. The number of hydrogen-bond donors (Lipinski definition) is 2. The molecular weight excluding hydrogens is 268 g/mol. The van der Waals surface area contributed by atoms with Crippen molar-refractivity contribution in [3.63, 3.8) is 0 Å². The van der Waals surface area contributed by atoms with Gasteiger partial charge in [-0.1, -0.05) is 12.1 Å². The fourth-order valence-corrected chi connectivity index (χ4v) is 2.02. The summed E-state index contributed by atoms with van der Waals surface area (Å²) in [6, 6.07) is 8.01. The van der Waals surface area contributed by atoms with Gasteiger partial charge in [-0.2, -0.15) is 0 Å². The summed E-state index contributed by atoms with van der Waals surface area (Å²) < 4.78 is 10.6. The molecule has 0 unspecified atom stereocenters. The summed E-state index contributed by atoms with van der Waals surface area (Å²) in [5.74, 6) is 2.83. The second kappa shape index (κ2) is 7.33. The molecule has 2 rings (SSSR count). The molecule has 1 heterocycles. The van der Waals surface area contributed by atoms with E-state index in [0.717, 1.165) is 18.7 Å². The van der Waals surface area contributed by atoms with Crippen LogP contribution in [0.1, 0.15) is 5.56 Å². The number of nitrogens with zero attached hydrogens (tertiary/aromatic N) is 2. The molecule has 0 amide bonds. The molecule has 0 radical (unpaired) electrons. The van der Waals surface area contributed by atoms with Crippen LogP contribution < -0.4 is 20.1 Å². The van der Waals surface area contributed by atoms with Crippen molar-refractivity contribution in [2.24, 2.45) is 0 Å². The SMILES string of the molecule is CNc1ncnc(NCCc2cccc(OC)c2)c1OC. The van der Waals surface area contributed by atoms with Gasteiger partial charge in [0.15, 0.2) is 11.6 Å². The Bertz CT molecular complexity index is 590. The van der Waals surface area contributed by atoms with Crippen LogP contribution in [0.4, 0.5) is 11.6 Å². The van der Waals surface area contributed by atoms with E-state index in [1.54, 1.807) is 21.3 Å². The average molecular weight is 288 g/mol. The van der Waals surface area contributed by atoms with Crippen LogP contribution in [-0.4, -0.2) is 37.8 Å². The molecule has 21 heavy (non-hydrogen) atoms. The van der Waals surface area contributed by atoms with E-state index in [1.165, 1.54) is 11.9 Å². The van der Waals surface area contributed by atoms with Crippen molar-refractivity contribution in [2.45, 2.75) is 6.42 Å². The summed E-state index contributed by atoms with van der Waals surface area (Å²) in [6.07, 6.45) is 2.36. The zero-order valence-corrected chi connectivity index (χ0v) is 12.5. The number of anilines is 2. The first-order chi connectivity index (χ1) is 10.3. The maximum atomic E-state index is 5.34. The largest absolute Gasteiger partial charge is 0.497 e. The molecule has 0 aliphatic rings. The Morgan fingerprint density at radius 1 is 1.10 bits per heavy atom. The van der Waals surface area contributed by atoms with Crippen molar-refractivity contribution in [3.05, 3.63) is 36.2 Å². The number of aromatic nitrogens is 2. The van der Waals surface area contributed by atoms with Crippen LogP contribution in [0, 0.1) is 0 Å². The Morgan fingerprint density at radius 3 is 2.62 bits per heavy atom. The highest BCUT2D eigenvalue weighted by molar-refractivity contribution is 5.63. The maximum Gasteiger partial charge on any atom is 0.204 e. The lowest BCUT2D eigenvalue weighted by molar-refractivity contribution is 0.414. The molecule has 2 N–H and O–H groups in total. The average Bonchev–Trinajstić information content (AvgIpc) is 2.54. The molecule has 0 atom stereocenters. The number of benzene rings is 1. The fourth-order valence-electron chi connectivity index (χ4n) is 2.02. The van der Waals surface area contributed by atoms with Crippen LogP contribution >= 0.6 is 0 Å². The second-order valence-corrected chi connectivity index (χ2v) is 4.38. The molecule has 0 fully saturated rings. The highest BCUT2D eigenvalue weighted by Gasteiger charge is 2.10. The number of rotatable bonds is 7. The van der Waals surface area contributed by atoms with Crippen LogP contribution in [0.25, 0.3) is 0 Å². The van der Waals surface area contributed by atoms with Crippen molar-refractivity contribution in [3.8, 4) is 11.5 Å². The van der Waals surface area contributed by atoms with Crippen LogP contribution in [0.5, 0.6) is 11.5 Å². The lowest BCUT2D eigenvalue weighted by Gasteiger charge is -2.12. The summed E-state index contributed by atoms with van der Waals surface area (Å²) in [6.45, 7) is 0.740. The van der Waals surface area contributed by atoms with Gasteiger partial charge in [0.2, 0.25) is 5.75 Å². The second-order valence-electron chi connectivity index (χ2n) is 4.38. The molecule has 6 nitrogen and oxygen atoms in total. The molecule has 2 aromatic rings. The predicted octanol–water partition coefficient (Wildman–Crippen LogP) is 2.19. The number of methoxy groups -OCH3 is 2. The van der Waals surface area contributed by atoms with E-state index in [1.807, 2.05) is 18.2 Å². The predicted molar refractivity (Wildman–Crippen MR) is 83.3 cm³/mol. The third-order valence-corrected chi connectivity index (χ3v) is 3.09. The van der Waals surface area contributed by atoms with Crippen LogP contribution in [0.15, 0.2) is 30.6 Å². The Kier molecular flexibility index (Phi) is 5.20. The molecule has 0 bridgehead atoms. The highest BCUT2D eigenvalue weighted by Crippen LogP contribution is 2.28. The van der Waals surface area contributed by atoms with Gasteiger partial charge in [-0.3, -0.25) is 0 Å². The molecule has 0 spiro atoms. The maximum absolute atomic E-state index is 5.34. The zero-order chi connectivity index (χ0) is 15.1. The summed E-state index contributed by atoms with van der Waals surface area (Å²) in [7, 11) is 5.07. The van der Waals surface area contributed by atoms with E-state index in [9.17, 15) is 0 Å². The summed E-state index contributed by atoms with van der Waals surface area (Å²) in [5, 5.41) is 6.25. The quantitative estimate of drug-likeness (QED) is 0.814. The van der Waals surface area contributed by atoms with Crippen molar-refractivity contribution in [1.82, 2.24) is 9.97 Å². The minimum Gasteiger partial charge on any atom is -0.497 e. The van der Waals surface area contributed by atoms with Crippen molar-refractivity contribution >= 4 is 11.6 Å². The number of hydrogen-bond acceptors (Lipinski definition) is 6. The van der Waals surface area contributed by atoms with Crippen LogP contribution in [0.3, 0.4) is 0 Å². The Balaban J connectivity index is 2.00. The van der Waals surface area contributed by atoms with Gasteiger partial charge in [0.25, 0.3) is 0 Å². The third-order valence-electron chi connectivity index (χ3n) is 3.09. The van der Waals surface area contributed by atoms with Gasteiger partial charge in [0, 0.05) is 13.6 Å². The van der Waals surface area contributed by atoms with E-state index in [2.05, 4.69) is 26.7 Å². The lowest BCUT2D eigenvalue weighted by atomic mass is 10.1. The number of nitrogens with one attached hydrogen (secondary N) is 2. The monoisotopic (exact) mass is 288 g/mol. The minimum atomic E-state index is 0.616. The zero-order valence-electron chi connectivity index (χ0n) is 12.5. The van der Waals surface area contributed by atoms with Gasteiger partial charge >= 0.3 is 0 Å². The van der Waals surface area contributed by atoms with E-state index >= 15 is 0 Å². The molecule has 6 heteroatoms. The summed E-state index contributed by atoms with van der Waals surface area (Å²) in [4.78, 5) is 8.32. The van der Waals surface area contributed by atoms with E-state index in [-0.39, 0.29) is 0 Å². The smallest absolute Gasteiger partial charge is 0.204 e. The van der Waals surface area contributed by atoms with Gasteiger partial charge < -0.3 is 20.1 Å². The van der Waals surface area contributed by atoms with Gasteiger partial charge in [-0.25, -0.2) is 9.97 Å². The summed E-state index contributed by atoms with van der Waals surface area (Å²) in [5.41, 5.74) is 1.20. The van der Waals surface area contributed by atoms with Crippen LogP contribution in [-0.2, 0) is 6.42 Å². The molecule has 0 saturated heterocycles. The minimum absolute atomic E-state index is 0.616. The van der Waals surface area contributed by atoms with Crippen molar-refractivity contribution < 1.29 is 9.47 Å². The standard InChI is InChI=1S/C15H20N4O2/c1-16-14-13(21-3)15(19-10-18-14)17-8-7-11-5-4-6-12(9-11)20-2/h4-6,9-10H,7-8H2,1-3H3,(H2,16,17,18,19). The van der Waals surface area contributed by atoms with Gasteiger partial charge in [-0.05, 0) is 24.1 Å². The number of ether oxygens (including phenoxy) is 2. The van der Waals surface area contributed by atoms with E-state index < -0.39 is 0 Å². The molecule has 1 aromatic heterocycles. The van der Waals surface area contributed by atoms with Gasteiger partial charge in [0.1, 0.15) is 12.1 Å². The van der Waals surface area contributed by atoms with Gasteiger partial charge in [0.05, 0.1) is 14.2 Å². The molecule has 1 aromatic carbocycles. The molecule has 0 aliphatic heterocycles. The van der Waals surface area contributed by atoms with E-state index in [0.29, 0.717) is 17.4 Å². The Hall–Kier alpha value is -2.50. The van der Waals surface area contributed by atoms with E-state index in [4.69, 9.17) is 9.47 Å². The van der Waals surface area contributed by atoms with Crippen molar-refractivity contribution in [1.29, 1.82) is 0 Å². The van der Waals surface area contributed by atoms with Crippen LogP contribution in [0.2, 0.25) is 0 Å². The molecule has 0 saturated carbocycles. The first-order valence-electron chi connectivity index (χ1n) is 6.72. The lowest BCUT2D eigenvalue weighted by Crippen LogP contribution is -2.09.